The molecular weight excluding hydrogens is 324 g/mol. The van der Waals surface area contributed by atoms with Crippen molar-refractivity contribution in [3.63, 3.8) is 0 Å². The van der Waals surface area contributed by atoms with E-state index in [2.05, 4.69) is 17.2 Å². The van der Waals surface area contributed by atoms with Crippen LogP contribution in [0.2, 0.25) is 0 Å². The molecule has 0 radical (unpaired) electrons. The van der Waals surface area contributed by atoms with Crippen molar-refractivity contribution >= 4 is 16.7 Å². The van der Waals surface area contributed by atoms with Crippen LogP contribution in [0.3, 0.4) is 0 Å². The van der Waals surface area contributed by atoms with Crippen molar-refractivity contribution in [1.29, 1.82) is 0 Å². The lowest BCUT2D eigenvalue weighted by Gasteiger charge is -2.16. The highest BCUT2D eigenvalue weighted by molar-refractivity contribution is 5.90. The standard InChI is InChI=1S/C21H20N4O/c1-15(10-11-17-7-5-13-26-17)23-21-18-8-2-3-9-19(18)24-20(25-21)16-6-4-12-22-14-16/h2-9,12-15H,10-11H2,1H3,(H,23,24,25)/t15-/m1/s1. The van der Waals surface area contributed by atoms with Gasteiger partial charge in [-0.25, -0.2) is 9.97 Å². The molecule has 0 bridgehead atoms. The van der Waals surface area contributed by atoms with Crippen LogP contribution in [0.5, 0.6) is 0 Å². The van der Waals surface area contributed by atoms with Crippen LogP contribution in [0.4, 0.5) is 5.82 Å². The number of rotatable bonds is 6. The summed E-state index contributed by atoms with van der Waals surface area (Å²) in [5.74, 6) is 2.53. The Hall–Kier alpha value is -3.21. The fourth-order valence-corrected chi connectivity index (χ4v) is 2.93. The van der Waals surface area contributed by atoms with E-state index in [1.807, 2.05) is 48.5 Å². The summed E-state index contributed by atoms with van der Waals surface area (Å²) in [6.45, 7) is 2.16. The second-order valence-electron chi connectivity index (χ2n) is 6.32. The highest BCUT2D eigenvalue weighted by Crippen LogP contribution is 2.25. The molecule has 1 aromatic carbocycles. The minimum absolute atomic E-state index is 0.250. The van der Waals surface area contributed by atoms with Gasteiger partial charge in [-0.3, -0.25) is 4.98 Å². The number of fused-ring (bicyclic) bond motifs is 1. The molecule has 26 heavy (non-hydrogen) atoms. The summed E-state index contributed by atoms with van der Waals surface area (Å²) in [6.07, 6.45) is 7.09. The number of furan rings is 1. The summed E-state index contributed by atoms with van der Waals surface area (Å²) in [7, 11) is 0. The second kappa shape index (κ2) is 7.35. The van der Waals surface area contributed by atoms with Crippen molar-refractivity contribution < 1.29 is 4.42 Å². The Balaban J connectivity index is 1.62. The van der Waals surface area contributed by atoms with Gasteiger partial charge in [0.25, 0.3) is 0 Å². The zero-order chi connectivity index (χ0) is 17.8. The molecule has 130 valence electrons. The van der Waals surface area contributed by atoms with E-state index in [1.165, 1.54) is 0 Å². The molecule has 5 nitrogen and oxygen atoms in total. The lowest BCUT2D eigenvalue weighted by molar-refractivity contribution is 0.495. The first-order chi connectivity index (χ1) is 12.8. The number of anilines is 1. The third kappa shape index (κ3) is 3.57. The van der Waals surface area contributed by atoms with Crippen molar-refractivity contribution in [2.75, 3.05) is 5.32 Å². The number of hydrogen-bond acceptors (Lipinski definition) is 5. The first-order valence-electron chi connectivity index (χ1n) is 8.76. The molecule has 1 N–H and O–H groups in total. The molecule has 3 aromatic heterocycles. The minimum atomic E-state index is 0.250. The van der Waals surface area contributed by atoms with Crippen molar-refractivity contribution in [3.8, 4) is 11.4 Å². The van der Waals surface area contributed by atoms with Crippen LogP contribution < -0.4 is 5.32 Å². The van der Waals surface area contributed by atoms with Crippen LogP contribution in [-0.2, 0) is 6.42 Å². The Morgan fingerprint density at radius 3 is 2.77 bits per heavy atom. The van der Waals surface area contributed by atoms with Crippen molar-refractivity contribution in [3.05, 3.63) is 72.9 Å². The number of benzene rings is 1. The summed E-state index contributed by atoms with van der Waals surface area (Å²) in [5, 5.41) is 4.56. The van der Waals surface area contributed by atoms with E-state index in [0.717, 1.165) is 40.9 Å². The molecule has 0 aliphatic heterocycles. The SMILES string of the molecule is C[C@H](CCc1ccco1)Nc1nc(-c2cccnc2)nc2ccccc12. The van der Waals surface area contributed by atoms with Crippen LogP contribution in [0.1, 0.15) is 19.1 Å². The summed E-state index contributed by atoms with van der Waals surface area (Å²) in [4.78, 5) is 13.6. The first-order valence-corrected chi connectivity index (χ1v) is 8.76. The molecule has 0 fully saturated rings. The number of nitrogens with one attached hydrogen (secondary N) is 1. The van der Waals surface area contributed by atoms with Gasteiger partial charge < -0.3 is 9.73 Å². The smallest absolute Gasteiger partial charge is 0.163 e. The minimum Gasteiger partial charge on any atom is -0.469 e. The molecule has 0 saturated carbocycles. The molecular formula is C21H20N4O. The van der Waals surface area contributed by atoms with Gasteiger partial charge in [0.15, 0.2) is 5.82 Å². The Bertz CT molecular complexity index is 984. The fourth-order valence-electron chi connectivity index (χ4n) is 2.93. The normalized spacial score (nSPS) is 12.2. The van der Waals surface area contributed by atoms with E-state index in [-0.39, 0.29) is 6.04 Å². The molecule has 4 rings (SSSR count). The van der Waals surface area contributed by atoms with Crippen molar-refractivity contribution in [2.24, 2.45) is 0 Å². The lowest BCUT2D eigenvalue weighted by atomic mass is 10.1. The molecule has 0 unspecified atom stereocenters. The number of para-hydroxylation sites is 1. The van der Waals surface area contributed by atoms with Crippen LogP contribution >= 0.6 is 0 Å². The molecule has 1 atom stereocenters. The summed E-state index contributed by atoms with van der Waals surface area (Å²) >= 11 is 0. The van der Waals surface area contributed by atoms with Crippen LogP contribution in [0, 0.1) is 0 Å². The fraction of sp³-hybridized carbons (Fsp3) is 0.190. The lowest BCUT2D eigenvalue weighted by Crippen LogP contribution is -2.17. The number of pyridine rings is 1. The Morgan fingerprint density at radius 1 is 1.04 bits per heavy atom. The van der Waals surface area contributed by atoms with Gasteiger partial charge in [-0.2, -0.15) is 0 Å². The van der Waals surface area contributed by atoms with E-state index in [4.69, 9.17) is 14.4 Å². The molecule has 3 heterocycles. The molecule has 0 saturated heterocycles. The average molecular weight is 344 g/mol. The van der Waals surface area contributed by atoms with Crippen LogP contribution in [0.15, 0.2) is 71.6 Å². The van der Waals surface area contributed by atoms with Crippen LogP contribution in [-0.4, -0.2) is 21.0 Å². The van der Waals surface area contributed by atoms with Crippen LogP contribution in [0.25, 0.3) is 22.3 Å². The molecule has 5 heteroatoms. The molecule has 0 amide bonds. The van der Waals surface area contributed by atoms with Gasteiger partial charge in [0.1, 0.15) is 11.6 Å². The molecule has 0 aliphatic carbocycles. The highest BCUT2D eigenvalue weighted by Gasteiger charge is 2.12. The van der Waals surface area contributed by atoms with Gasteiger partial charge in [-0.15, -0.1) is 0 Å². The topological polar surface area (TPSA) is 63.8 Å². The quantitative estimate of drug-likeness (QED) is 0.548. The monoisotopic (exact) mass is 344 g/mol. The average Bonchev–Trinajstić information content (AvgIpc) is 3.21. The Kier molecular flexibility index (Phi) is 4.60. The van der Waals surface area contributed by atoms with Gasteiger partial charge in [0, 0.05) is 35.8 Å². The number of nitrogens with zero attached hydrogens (tertiary/aromatic N) is 3. The third-order valence-electron chi connectivity index (χ3n) is 4.31. The third-order valence-corrected chi connectivity index (χ3v) is 4.31. The van der Waals surface area contributed by atoms with Crippen molar-refractivity contribution in [2.45, 2.75) is 25.8 Å². The summed E-state index contributed by atoms with van der Waals surface area (Å²) in [6, 6.07) is 16.1. The van der Waals surface area contributed by atoms with Gasteiger partial charge in [-0.05, 0) is 49.7 Å². The van der Waals surface area contributed by atoms with Gasteiger partial charge in [0.2, 0.25) is 0 Å². The molecule has 0 aliphatic rings. The molecule has 4 aromatic rings. The second-order valence-corrected chi connectivity index (χ2v) is 6.32. The maximum absolute atomic E-state index is 5.42. The van der Waals surface area contributed by atoms with Gasteiger partial charge >= 0.3 is 0 Å². The largest absolute Gasteiger partial charge is 0.469 e. The Morgan fingerprint density at radius 2 is 1.96 bits per heavy atom. The predicted octanol–water partition coefficient (Wildman–Crippen LogP) is 4.72. The molecule has 0 spiro atoms. The van der Waals surface area contributed by atoms with E-state index in [0.29, 0.717) is 5.82 Å². The van der Waals surface area contributed by atoms with Gasteiger partial charge in [-0.1, -0.05) is 12.1 Å². The Labute approximate surface area is 152 Å². The summed E-state index contributed by atoms with van der Waals surface area (Å²) in [5.41, 5.74) is 1.83. The zero-order valence-electron chi connectivity index (χ0n) is 14.6. The summed E-state index contributed by atoms with van der Waals surface area (Å²) < 4.78 is 5.42. The zero-order valence-corrected chi connectivity index (χ0v) is 14.6. The highest BCUT2D eigenvalue weighted by atomic mass is 16.3. The first kappa shape index (κ1) is 16.3. The van der Waals surface area contributed by atoms with Crippen molar-refractivity contribution in [1.82, 2.24) is 15.0 Å². The number of hydrogen-bond donors (Lipinski definition) is 1. The van der Waals surface area contributed by atoms with E-state index in [9.17, 15) is 0 Å². The van der Waals surface area contributed by atoms with E-state index >= 15 is 0 Å². The van der Waals surface area contributed by atoms with E-state index in [1.54, 1.807) is 18.7 Å². The van der Waals surface area contributed by atoms with Gasteiger partial charge in [0.05, 0.1) is 11.8 Å². The maximum atomic E-state index is 5.42. The van der Waals surface area contributed by atoms with E-state index < -0.39 is 0 Å². The number of aromatic nitrogens is 3. The predicted molar refractivity (Wildman–Crippen MR) is 103 cm³/mol. The number of aryl methyl sites for hydroxylation is 1. The maximum Gasteiger partial charge on any atom is 0.163 e.